The molecule has 12 heavy (non-hydrogen) atoms. The van der Waals surface area contributed by atoms with Crippen LogP contribution in [0.15, 0.2) is 0 Å². The van der Waals surface area contributed by atoms with E-state index >= 15 is 0 Å². The monoisotopic (exact) mass is 173 g/mol. The van der Waals surface area contributed by atoms with Crippen LogP contribution in [0.3, 0.4) is 0 Å². The number of Topliss-reactive ketones (excluding diaryl/α,β-unsaturated/α-hetero) is 1. The van der Waals surface area contributed by atoms with Gasteiger partial charge in [0, 0.05) is 13.7 Å². The first-order valence-electron chi connectivity index (χ1n) is 4.41. The normalized spacial score (nSPS) is 10.7. The Kier molecular flexibility index (Phi) is 7.00. The topological polar surface area (TPSA) is 29.5 Å². The summed E-state index contributed by atoms with van der Waals surface area (Å²) in [6, 6.07) is 0. The van der Waals surface area contributed by atoms with Gasteiger partial charge in [0.2, 0.25) is 0 Å². The van der Waals surface area contributed by atoms with Crippen molar-refractivity contribution in [2.45, 2.75) is 20.3 Å². The third kappa shape index (κ3) is 6.31. The molecule has 3 heteroatoms. The van der Waals surface area contributed by atoms with Crippen LogP contribution in [0, 0.1) is 0 Å². The van der Waals surface area contributed by atoms with E-state index in [1.165, 1.54) is 0 Å². The summed E-state index contributed by atoms with van der Waals surface area (Å²) in [5, 5.41) is 0. The van der Waals surface area contributed by atoms with E-state index < -0.39 is 0 Å². The average molecular weight is 173 g/mol. The summed E-state index contributed by atoms with van der Waals surface area (Å²) in [5.74, 6) is 0.222. The molecule has 0 aromatic rings. The van der Waals surface area contributed by atoms with Crippen LogP contribution in [0.2, 0.25) is 0 Å². The fourth-order valence-corrected chi connectivity index (χ4v) is 1.12. The Labute approximate surface area is 74.7 Å². The van der Waals surface area contributed by atoms with E-state index in [1.54, 1.807) is 14.0 Å². The number of ketones is 1. The van der Waals surface area contributed by atoms with Crippen LogP contribution in [-0.4, -0.2) is 44.0 Å². The molecule has 0 spiro atoms. The Morgan fingerprint density at radius 1 is 1.42 bits per heavy atom. The van der Waals surface area contributed by atoms with Crippen molar-refractivity contribution in [3.63, 3.8) is 0 Å². The quantitative estimate of drug-likeness (QED) is 0.573. The van der Waals surface area contributed by atoms with Crippen LogP contribution in [0.5, 0.6) is 0 Å². The zero-order chi connectivity index (χ0) is 9.40. The van der Waals surface area contributed by atoms with E-state index in [0.717, 1.165) is 19.5 Å². The molecule has 0 N–H and O–H groups in total. The number of hydrogen-bond donors (Lipinski definition) is 0. The van der Waals surface area contributed by atoms with E-state index in [9.17, 15) is 4.79 Å². The van der Waals surface area contributed by atoms with Crippen LogP contribution in [0.4, 0.5) is 0 Å². The van der Waals surface area contributed by atoms with Crippen LogP contribution in [0.25, 0.3) is 0 Å². The van der Waals surface area contributed by atoms with Crippen molar-refractivity contribution in [2.75, 3.05) is 33.4 Å². The summed E-state index contributed by atoms with van der Waals surface area (Å²) >= 11 is 0. The molecule has 0 radical (unpaired) electrons. The van der Waals surface area contributed by atoms with E-state index in [2.05, 4.69) is 11.8 Å². The number of hydrogen-bond acceptors (Lipinski definition) is 3. The second kappa shape index (κ2) is 7.25. The lowest BCUT2D eigenvalue weighted by Gasteiger charge is -2.19. The molecule has 0 amide bonds. The molecule has 0 aliphatic rings. The molecular formula is C9H19NO2. The maximum atomic E-state index is 10.8. The standard InChI is InChI=1S/C9H19NO2/c1-4-5-10(6-7-12-3)8-9(2)11/h4-8H2,1-3H3. The Balaban J connectivity index is 3.61. The highest BCUT2D eigenvalue weighted by Gasteiger charge is 2.04. The van der Waals surface area contributed by atoms with Gasteiger partial charge in [-0.2, -0.15) is 0 Å². The molecule has 72 valence electrons. The molecule has 0 rings (SSSR count). The van der Waals surface area contributed by atoms with Crippen molar-refractivity contribution in [1.29, 1.82) is 0 Å². The van der Waals surface area contributed by atoms with Gasteiger partial charge < -0.3 is 4.74 Å². The van der Waals surface area contributed by atoms with Gasteiger partial charge in [-0.05, 0) is 19.9 Å². The van der Waals surface area contributed by atoms with E-state index in [-0.39, 0.29) is 5.78 Å². The molecule has 0 saturated heterocycles. The summed E-state index contributed by atoms with van der Waals surface area (Å²) in [6.07, 6.45) is 1.08. The molecule has 0 saturated carbocycles. The van der Waals surface area contributed by atoms with E-state index in [0.29, 0.717) is 13.2 Å². The van der Waals surface area contributed by atoms with Crippen molar-refractivity contribution >= 4 is 5.78 Å². The van der Waals surface area contributed by atoms with Gasteiger partial charge in [-0.1, -0.05) is 6.92 Å². The van der Waals surface area contributed by atoms with Crippen LogP contribution < -0.4 is 0 Å². The minimum absolute atomic E-state index is 0.222. The van der Waals surface area contributed by atoms with Crippen molar-refractivity contribution in [3.8, 4) is 0 Å². The summed E-state index contributed by atoms with van der Waals surface area (Å²) in [6.45, 7) is 6.81. The van der Waals surface area contributed by atoms with Crippen molar-refractivity contribution in [2.24, 2.45) is 0 Å². The largest absolute Gasteiger partial charge is 0.383 e. The summed E-state index contributed by atoms with van der Waals surface area (Å²) in [4.78, 5) is 12.9. The first kappa shape index (κ1) is 11.6. The van der Waals surface area contributed by atoms with Gasteiger partial charge in [0.15, 0.2) is 0 Å². The molecule has 0 bridgehead atoms. The zero-order valence-corrected chi connectivity index (χ0v) is 8.30. The van der Waals surface area contributed by atoms with Gasteiger partial charge in [0.1, 0.15) is 5.78 Å². The summed E-state index contributed by atoms with van der Waals surface area (Å²) < 4.78 is 4.95. The second-order valence-corrected chi connectivity index (χ2v) is 2.97. The van der Waals surface area contributed by atoms with Gasteiger partial charge >= 0.3 is 0 Å². The molecule has 3 nitrogen and oxygen atoms in total. The summed E-state index contributed by atoms with van der Waals surface area (Å²) in [5.41, 5.74) is 0. The first-order chi connectivity index (χ1) is 5.70. The van der Waals surface area contributed by atoms with E-state index in [4.69, 9.17) is 4.74 Å². The lowest BCUT2D eigenvalue weighted by molar-refractivity contribution is -0.118. The predicted octanol–water partition coefficient (Wildman–Crippen LogP) is 0.934. The van der Waals surface area contributed by atoms with Gasteiger partial charge in [-0.25, -0.2) is 0 Å². The maximum absolute atomic E-state index is 10.8. The molecule has 0 aliphatic carbocycles. The Hall–Kier alpha value is -0.410. The van der Waals surface area contributed by atoms with Crippen molar-refractivity contribution in [1.82, 2.24) is 4.90 Å². The third-order valence-electron chi connectivity index (χ3n) is 1.60. The van der Waals surface area contributed by atoms with Crippen molar-refractivity contribution < 1.29 is 9.53 Å². The molecule has 0 heterocycles. The molecule has 0 aliphatic heterocycles. The minimum atomic E-state index is 0.222. The molecule has 0 aromatic heterocycles. The number of nitrogens with zero attached hydrogens (tertiary/aromatic N) is 1. The highest BCUT2D eigenvalue weighted by atomic mass is 16.5. The maximum Gasteiger partial charge on any atom is 0.143 e. The third-order valence-corrected chi connectivity index (χ3v) is 1.60. The lowest BCUT2D eigenvalue weighted by Crippen LogP contribution is -2.32. The highest BCUT2D eigenvalue weighted by molar-refractivity contribution is 5.77. The van der Waals surface area contributed by atoms with Crippen LogP contribution in [0.1, 0.15) is 20.3 Å². The fourth-order valence-electron chi connectivity index (χ4n) is 1.12. The smallest absolute Gasteiger partial charge is 0.143 e. The zero-order valence-electron chi connectivity index (χ0n) is 8.30. The minimum Gasteiger partial charge on any atom is -0.383 e. The van der Waals surface area contributed by atoms with Gasteiger partial charge in [-0.15, -0.1) is 0 Å². The average Bonchev–Trinajstić information content (AvgIpc) is 2.00. The molecular weight excluding hydrogens is 154 g/mol. The second-order valence-electron chi connectivity index (χ2n) is 2.97. The molecule has 0 unspecified atom stereocenters. The Morgan fingerprint density at radius 2 is 2.08 bits per heavy atom. The molecule has 0 aromatic carbocycles. The number of carbonyl (C=O) groups is 1. The number of methoxy groups -OCH3 is 1. The predicted molar refractivity (Wildman–Crippen MR) is 49.3 cm³/mol. The van der Waals surface area contributed by atoms with Crippen LogP contribution in [-0.2, 0) is 9.53 Å². The molecule has 0 fully saturated rings. The molecule has 0 atom stereocenters. The number of carbonyl (C=O) groups excluding carboxylic acids is 1. The number of rotatable bonds is 7. The van der Waals surface area contributed by atoms with E-state index in [1.807, 2.05) is 0 Å². The van der Waals surface area contributed by atoms with Gasteiger partial charge in [0.05, 0.1) is 13.2 Å². The Bertz CT molecular complexity index is 126. The lowest BCUT2D eigenvalue weighted by atomic mass is 10.3. The van der Waals surface area contributed by atoms with Gasteiger partial charge in [0.25, 0.3) is 0 Å². The SMILES string of the molecule is CCCN(CCOC)CC(C)=O. The number of ether oxygens (including phenoxy) is 1. The van der Waals surface area contributed by atoms with Crippen LogP contribution >= 0.6 is 0 Å². The summed E-state index contributed by atoms with van der Waals surface area (Å²) in [7, 11) is 1.68. The first-order valence-corrected chi connectivity index (χ1v) is 4.41. The van der Waals surface area contributed by atoms with Gasteiger partial charge in [-0.3, -0.25) is 9.69 Å². The van der Waals surface area contributed by atoms with Crippen molar-refractivity contribution in [3.05, 3.63) is 0 Å². The fraction of sp³-hybridized carbons (Fsp3) is 0.889. The Morgan fingerprint density at radius 3 is 2.50 bits per heavy atom. The highest BCUT2D eigenvalue weighted by Crippen LogP contribution is 1.91.